The molecule has 1 aliphatic carbocycles. The van der Waals surface area contributed by atoms with Gasteiger partial charge in [-0.1, -0.05) is 6.92 Å². The van der Waals surface area contributed by atoms with Crippen LogP contribution in [0.1, 0.15) is 59.2 Å². The fourth-order valence-electron chi connectivity index (χ4n) is 3.57. The molecule has 3 rings (SSSR count). The van der Waals surface area contributed by atoms with Crippen molar-refractivity contribution in [1.82, 2.24) is 0 Å². The number of amides is 1. The Balaban J connectivity index is 1.87. The predicted molar refractivity (Wildman–Crippen MR) is 111 cm³/mol. The van der Waals surface area contributed by atoms with Crippen molar-refractivity contribution in [3.05, 3.63) is 45.6 Å². The molecule has 0 radical (unpaired) electrons. The highest BCUT2D eigenvalue weighted by Gasteiger charge is 2.30. The van der Waals surface area contributed by atoms with Crippen molar-refractivity contribution in [2.24, 2.45) is 5.92 Å². The van der Waals surface area contributed by atoms with Crippen LogP contribution in [0.5, 0.6) is 0 Å². The molecule has 0 aliphatic heterocycles. The number of anilines is 1. The summed E-state index contributed by atoms with van der Waals surface area (Å²) in [6, 6.07) is 3.96. The fourth-order valence-corrected chi connectivity index (χ4v) is 4.99. The summed E-state index contributed by atoms with van der Waals surface area (Å²) in [6.07, 6.45) is 4.56. The topological polar surface area (TPSA) is 59.3 Å². The number of hydrogen-bond donors (Lipinski definition) is 1. The van der Waals surface area contributed by atoms with Gasteiger partial charge in [0.05, 0.1) is 11.7 Å². The minimum absolute atomic E-state index is 0.135. The van der Waals surface area contributed by atoms with Crippen LogP contribution in [-0.4, -0.2) is 18.0 Å². The second-order valence-corrected chi connectivity index (χ2v) is 9.07. The molecule has 2 aromatic rings. The van der Waals surface area contributed by atoms with Crippen LogP contribution in [-0.2, 0) is 28.9 Å². The number of fused-ring (bicyclic) bond motifs is 1. The first-order chi connectivity index (χ1) is 13.3. The van der Waals surface area contributed by atoms with Crippen LogP contribution in [0, 0.1) is 19.8 Å². The minimum atomic E-state index is -0.336. The zero-order chi connectivity index (χ0) is 20.4. The molecular formula is C22H29N2O3S+. The van der Waals surface area contributed by atoms with E-state index in [9.17, 15) is 9.59 Å². The third-order valence-electron chi connectivity index (χ3n) is 5.24. The lowest BCUT2D eigenvalue weighted by atomic mass is 9.88. The number of ether oxygens (including phenoxy) is 1. The second kappa shape index (κ2) is 8.43. The average Bonchev–Trinajstić information content (AvgIpc) is 2.95. The highest BCUT2D eigenvalue weighted by molar-refractivity contribution is 7.17. The Morgan fingerprint density at radius 1 is 1.36 bits per heavy atom. The molecule has 6 heteroatoms. The van der Waals surface area contributed by atoms with Gasteiger partial charge in [0.2, 0.25) is 6.54 Å². The standard InChI is InChI=1S/C22H28N2O3S/c1-13(2)27-22(26)20-17-9-8-14(3)11-18(17)28-21(20)23-19(25)12-24-10-6-7-15(4)16(24)5/h6-7,10,13-14H,8-9,11-12H2,1-5H3/p+1/t14-/m1/s1. The molecule has 2 heterocycles. The van der Waals surface area contributed by atoms with Crippen molar-refractivity contribution >= 4 is 28.2 Å². The van der Waals surface area contributed by atoms with Gasteiger partial charge in [-0.05, 0) is 57.6 Å². The van der Waals surface area contributed by atoms with E-state index >= 15 is 0 Å². The monoisotopic (exact) mass is 401 g/mol. The van der Waals surface area contributed by atoms with E-state index in [2.05, 4.69) is 12.2 Å². The van der Waals surface area contributed by atoms with Crippen LogP contribution in [0.3, 0.4) is 0 Å². The maximum atomic E-state index is 12.8. The van der Waals surface area contributed by atoms with Crippen LogP contribution in [0.4, 0.5) is 5.00 Å². The lowest BCUT2D eigenvalue weighted by Gasteiger charge is -2.18. The zero-order valence-electron chi connectivity index (χ0n) is 17.3. The van der Waals surface area contributed by atoms with E-state index < -0.39 is 0 Å². The van der Waals surface area contributed by atoms with E-state index in [1.165, 1.54) is 16.2 Å². The Kier molecular flexibility index (Phi) is 6.18. The molecule has 1 amide bonds. The zero-order valence-corrected chi connectivity index (χ0v) is 18.1. The summed E-state index contributed by atoms with van der Waals surface area (Å²) < 4.78 is 7.40. The molecule has 150 valence electrons. The van der Waals surface area contributed by atoms with E-state index in [0.717, 1.165) is 36.1 Å². The maximum Gasteiger partial charge on any atom is 0.341 e. The number of thiophene rings is 1. The van der Waals surface area contributed by atoms with Gasteiger partial charge in [-0.15, -0.1) is 11.3 Å². The van der Waals surface area contributed by atoms with E-state index in [0.29, 0.717) is 16.5 Å². The Hall–Kier alpha value is -2.21. The number of aromatic nitrogens is 1. The van der Waals surface area contributed by atoms with E-state index in [-0.39, 0.29) is 24.5 Å². The summed E-state index contributed by atoms with van der Waals surface area (Å²) in [5.74, 6) is 0.120. The highest BCUT2D eigenvalue weighted by atomic mass is 32.1. The molecule has 28 heavy (non-hydrogen) atoms. The number of hydrogen-bond acceptors (Lipinski definition) is 4. The first-order valence-electron chi connectivity index (χ1n) is 9.87. The second-order valence-electron chi connectivity index (χ2n) is 7.96. The minimum Gasteiger partial charge on any atom is -0.459 e. The van der Waals surface area contributed by atoms with E-state index in [1.54, 1.807) is 0 Å². The molecule has 0 spiro atoms. The average molecular weight is 402 g/mol. The molecule has 5 nitrogen and oxygen atoms in total. The third kappa shape index (κ3) is 4.43. The molecule has 0 bridgehead atoms. The van der Waals surface area contributed by atoms with E-state index in [1.807, 2.05) is 50.6 Å². The summed E-state index contributed by atoms with van der Waals surface area (Å²) in [5, 5.41) is 3.62. The number of pyridine rings is 1. The molecule has 0 aromatic carbocycles. The largest absolute Gasteiger partial charge is 0.459 e. The van der Waals surface area contributed by atoms with Crippen molar-refractivity contribution < 1.29 is 18.9 Å². The molecule has 0 saturated heterocycles. The number of nitrogens with one attached hydrogen (secondary N) is 1. The van der Waals surface area contributed by atoms with Gasteiger partial charge in [0.1, 0.15) is 5.00 Å². The van der Waals surface area contributed by atoms with Gasteiger partial charge in [-0.25, -0.2) is 4.79 Å². The molecule has 1 aliphatic rings. The number of esters is 1. The fraction of sp³-hybridized carbons (Fsp3) is 0.500. The third-order valence-corrected chi connectivity index (χ3v) is 6.41. The quantitative estimate of drug-likeness (QED) is 0.609. The summed E-state index contributed by atoms with van der Waals surface area (Å²) >= 11 is 1.53. The molecule has 0 saturated carbocycles. The van der Waals surface area contributed by atoms with Gasteiger partial charge >= 0.3 is 5.97 Å². The Bertz CT molecular complexity index is 901. The lowest BCUT2D eigenvalue weighted by molar-refractivity contribution is -0.690. The Labute approximate surface area is 170 Å². The van der Waals surface area contributed by atoms with Gasteiger partial charge in [-0.3, -0.25) is 4.79 Å². The van der Waals surface area contributed by atoms with Crippen molar-refractivity contribution in [2.75, 3.05) is 5.32 Å². The van der Waals surface area contributed by atoms with Crippen molar-refractivity contribution in [3.63, 3.8) is 0 Å². The van der Waals surface area contributed by atoms with Gasteiger partial charge < -0.3 is 10.1 Å². The van der Waals surface area contributed by atoms with Gasteiger partial charge in [0, 0.05) is 23.4 Å². The number of aryl methyl sites for hydroxylation is 1. The number of carbonyl (C=O) groups excluding carboxylic acids is 2. The molecule has 0 unspecified atom stereocenters. The summed E-state index contributed by atoms with van der Waals surface area (Å²) in [5.41, 5.74) is 3.80. The van der Waals surface area contributed by atoms with Crippen LogP contribution in [0.2, 0.25) is 0 Å². The summed E-state index contributed by atoms with van der Waals surface area (Å²) in [7, 11) is 0. The Morgan fingerprint density at radius 2 is 2.11 bits per heavy atom. The van der Waals surface area contributed by atoms with Gasteiger partial charge in [0.25, 0.3) is 5.91 Å². The SMILES string of the molecule is Cc1ccc[n+](CC(=O)Nc2sc3c(c2C(=O)OC(C)C)CC[C@@H](C)C3)c1C. The van der Waals surface area contributed by atoms with E-state index in [4.69, 9.17) is 4.74 Å². The van der Waals surface area contributed by atoms with Gasteiger partial charge in [0.15, 0.2) is 11.9 Å². The molecule has 1 atom stereocenters. The molecular weight excluding hydrogens is 372 g/mol. The van der Waals surface area contributed by atoms with Crippen molar-refractivity contribution in [1.29, 1.82) is 0 Å². The highest BCUT2D eigenvalue weighted by Crippen LogP contribution is 2.40. The molecule has 0 fully saturated rings. The predicted octanol–water partition coefficient (Wildman–Crippen LogP) is 3.98. The van der Waals surface area contributed by atoms with Crippen LogP contribution in [0.25, 0.3) is 0 Å². The van der Waals surface area contributed by atoms with Crippen LogP contribution < -0.4 is 9.88 Å². The first kappa shape index (κ1) is 20.5. The summed E-state index contributed by atoms with van der Waals surface area (Å²) in [4.78, 5) is 26.7. The van der Waals surface area contributed by atoms with Crippen LogP contribution >= 0.6 is 11.3 Å². The van der Waals surface area contributed by atoms with Crippen molar-refractivity contribution in [2.45, 2.75) is 66.5 Å². The van der Waals surface area contributed by atoms with Crippen LogP contribution in [0.15, 0.2) is 18.3 Å². The van der Waals surface area contributed by atoms with Crippen molar-refractivity contribution in [3.8, 4) is 0 Å². The number of nitrogens with zero attached hydrogens (tertiary/aromatic N) is 1. The molecule has 2 aromatic heterocycles. The molecule has 1 N–H and O–H groups in total. The number of rotatable bonds is 5. The first-order valence-corrected chi connectivity index (χ1v) is 10.7. The normalized spacial score (nSPS) is 16.0. The summed E-state index contributed by atoms with van der Waals surface area (Å²) in [6.45, 7) is 10.1. The smallest absolute Gasteiger partial charge is 0.341 e. The lowest BCUT2D eigenvalue weighted by Crippen LogP contribution is -2.43. The maximum absolute atomic E-state index is 12.8. The number of carbonyl (C=O) groups is 2. The van der Waals surface area contributed by atoms with Gasteiger partial charge in [-0.2, -0.15) is 4.57 Å². The Morgan fingerprint density at radius 3 is 2.82 bits per heavy atom.